The number of thiazole rings is 1. The Bertz CT molecular complexity index is 927. The Balaban J connectivity index is 1.94. The van der Waals surface area contributed by atoms with E-state index in [1.165, 1.54) is 25.6 Å². The predicted octanol–water partition coefficient (Wildman–Crippen LogP) is 4.87. The molecule has 0 aliphatic rings. The van der Waals surface area contributed by atoms with Crippen LogP contribution < -0.4 is 14.8 Å². The molecule has 124 valence electrons. The first-order valence-corrected chi connectivity index (χ1v) is 8.38. The highest BCUT2D eigenvalue weighted by Gasteiger charge is 2.18. The Hall–Kier alpha value is -2.02. The number of amides is 1. The third-order valence-corrected chi connectivity index (χ3v) is 4.71. The Morgan fingerprint density at radius 2 is 2.00 bits per heavy atom. The van der Waals surface area contributed by atoms with Crippen LogP contribution in [-0.4, -0.2) is 25.1 Å². The van der Waals surface area contributed by atoms with Gasteiger partial charge in [0.15, 0.2) is 16.6 Å². The maximum absolute atomic E-state index is 12.6. The van der Waals surface area contributed by atoms with Gasteiger partial charge < -0.3 is 9.47 Å². The summed E-state index contributed by atoms with van der Waals surface area (Å²) < 4.78 is 11.3. The van der Waals surface area contributed by atoms with Crippen LogP contribution >= 0.6 is 34.5 Å². The summed E-state index contributed by atoms with van der Waals surface area (Å²) >= 11 is 13.4. The number of para-hydroxylation sites is 1. The van der Waals surface area contributed by atoms with Gasteiger partial charge in [0.25, 0.3) is 5.91 Å². The van der Waals surface area contributed by atoms with Gasteiger partial charge in [0, 0.05) is 5.02 Å². The summed E-state index contributed by atoms with van der Waals surface area (Å²) in [6.45, 7) is 0. The number of carbonyl (C=O) groups is 1. The molecule has 1 N–H and O–H groups in total. The number of hydrogen-bond donors (Lipinski definition) is 1. The lowest BCUT2D eigenvalue weighted by Crippen LogP contribution is -2.13. The molecule has 1 aromatic heterocycles. The first-order valence-electron chi connectivity index (χ1n) is 6.81. The van der Waals surface area contributed by atoms with Crippen molar-refractivity contribution >= 4 is 55.8 Å². The van der Waals surface area contributed by atoms with Crippen LogP contribution in [0, 0.1) is 0 Å². The Kier molecular flexibility index (Phi) is 4.80. The molecule has 0 saturated heterocycles. The Labute approximate surface area is 152 Å². The number of rotatable bonds is 4. The van der Waals surface area contributed by atoms with Gasteiger partial charge in [-0.15, -0.1) is 0 Å². The predicted molar refractivity (Wildman–Crippen MR) is 97.1 cm³/mol. The van der Waals surface area contributed by atoms with Crippen LogP contribution in [0.4, 0.5) is 5.13 Å². The summed E-state index contributed by atoms with van der Waals surface area (Å²) in [7, 11) is 2.99. The van der Waals surface area contributed by atoms with E-state index in [1.54, 1.807) is 30.3 Å². The van der Waals surface area contributed by atoms with Crippen molar-refractivity contribution in [2.45, 2.75) is 0 Å². The highest BCUT2D eigenvalue weighted by molar-refractivity contribution is 7.22. The molecule has 24 heavy (non-hydrogen) atoms. The van der Waals surface area contributed by atoms with E-state index in [2.05, 4.69) is 10.3 Å². The molecule has 0 atom stereocenters. The average Bonchev–Trinajstić information content (AvgIpc) is 2.96. The van der Waals surface area contributed by atoms with Crippen LogP contribution in [0.3, 0.4) is 0 Å². The average molecular weight is 383 g/mol. The zero-order valence-electron chi connectivity index (χ0n) is 12.7. The molecule has 2 aromatic carbocycles. The second-order valence-corrected chi connectivity index (χ2v) is 6.62. The number of nitrogens with zero attached hydrogens (tertiary/aromatic N) is 1. The van der Waals surface area contributed by atoms with E-state index in [9.17, 15) is 4.79 Å². The zero-order chi connectivity index (χ0) is 17.3. The van der Waals surface area contributed by atoms with E-state index in [0.717, 1.165) is 4.70 Å². The molecule has 0 radical (unpaired) electrons. The van der Waals surface area contributed by atoms with Crippen LogP contribution in [0.25, 0.3) is 10.2 Å². The fourth-order valence-corrected chi connectivity index (χ4v) is 3.82. The standard InChI is InChI=1S/C16H12Cl2N2O3S/c1-22-11-5-3-4-9(14(11)23-2)15(21)20-16-19-13-10(18)6-8(17)7-12(13)24-16/h3-7H,1-2H3,(H,19,20,21). The molecule has 3 aromatic rings. The largest absolute Gasteiger partial charge is 0.493 e. The number of fused-ring (bicyclic) bond motifs is 1. The third-order valence-electron chi connectivity index (χ3n) is 3.28. The van der Waals surface area contributed by atoms with Crippen molar-refractivity contribution in [2.24, 2.45) is 0 Å². The van der Waals surface area contributed by atoms with Crippen LogP contribution in [0.2, 0.25) is 10.0 Å². The minimum Gasteiger partial charge on any atom is -0.493 e. The fourth-order valence-electron chi connectivity index (χ4n) is 2.24. The summed E-state index contributed by atoms with van der Waals surface area (Å²) in [6, 6.07) is 8.44. The normalized spacial score (nSPS) is 10.7. The minimum atomic E-state index is -0.355. The van der Waals surface area contributed by atoms with Gasteiger partial charge in [0.1, 0.15) is 5.52 Å². The molecule has 0 saturated carbocycles. The van der Waals surface area contributed by atoms with Crippen LogP contribution in [-0.2, 0) is 0 Å². The maximum Gasteiger partial charge on any atom is 0.261 e. The number of hydrogen-bond acceptors (Lipinski definition) is 5. The van der Waals surface area contributed by atoms with Crippen LogP contribution in [0.1, 0.15) is 10.4 Å². The highest BCUT2D eigenvalue weighted by atomic mass is 35.5. The third kappa shape index (κ3) is 3.13. The van der Waals surface area contributed by atoms with Crippen molar-refractivity contribution in [3.63, 3.8) is 0 Å². The number of benzene rings is 2. The number of anilines is 1. The van der Waals surface area contributed by atoms with Crippen molar-refractivity contribution < 1.29 is 14.3 Å². The van der Waals surface area contributed by atoms with Gasteiger partial charge in [-0.1, -0.05) is 40.6 Å². The van der Waals surface area contributed by atoms with Gasteiger partial charge in [-0.25, -0.2) is 4.98 Å². The molecule has 1 amide bonds. The number of carbonyl (C=O) groups excluding carboxylic acids is 1. The van der Waals surface area contributed by atoms with Crippen molar-refractivity contribution in [1.82, 2.24) is 4.98 Å². The summed E-state index contributed by atoms with van der Waals surface area (Å²) in [6.07, 6.45) is 0. The maximum atomic E-state index is 12.6. The molecule has 0 aliphatic heterocycles. The zero-order valence-corrected chi connectivity index (χ0v) is 15.1. The molecule has 8 heteroatoms. The molecule has 0 fully saturated rings. The highest BCUT2D eigenvalue weighted by Crippen LogP contribution is 2.35. The fraction of sp³-hybridized carbons (Fsp3) is 0.125. The number of ether oxygens (including phenoxy) is 2. The van der Waals surface area contributed by atoms with E-state index in [1.807, 2.05) is 0 Å². The van der Waals surface area contributed by atoms with Crippen molar-refractivity contribution in [3.05, 3.63) is 45.9 Å². The molecule has 0 unspecified atom stereocenters. The Morgan fingerprint density at radius 1 is 1.21 bits per heavy atom. The summed E-state index contributed by atoms with van der Waals surface area (Å²) in [5.74, 6) is 0.482. The lowest BCUT2D eigenvalue weighted by Gasteiger charge is -2.11. The lowest BCUT2D eigenvalue weighted by atomic mass is 10.1. The minimum absolute atomic E-state index is 0.347. The molecule has 0 bridgehead atoms. The topological polar surface area (TPSA) is 60.5 Å². The van der Waals surface area contributed by atoms with Gasteiger partial charge in [0.05, 0.1) is 29.5 Å². The number of methoxy groups -OCH3 is 2. The molecule has 1 heterocycles. The van der Waals surface area contributed by atoms with Gasteiger partial charge >= 0.3 is 0 Å². The molecule has 3 rings (SSSR count). The summed E-state index contributed by atoms with van der Waals surface area (Å²) in [5, 5.41) is 4.13. The van der Waals surface area contributed by atoms with Crippen molar-refractivity contribution in [2.75, 3.05) is 19.5 Å². The number of aromatic nitrogens is 1. The van der Waals surface area contributed by atoms with E-state index < -0.39 is 0 Å². The smallest absolute Gasteiger partial charge is 0.261 e. The molecular formula is C16H12Cl2N2O3S. The van der Waals surface area contributed by atoms with Crippen LogP contribution in [0.5, 0.6) is 11.5 Å². The van der Waals surface area contributed by atoms with Gasteiger partial charge in [-0.2, -0.15) is 0 Å². The quantitative estimate of drug-likeness (QED) is 0.698. The van der Waals surface area contributed by atoms with Crippen molar-refractivity contribution in [3.8, 4) is 11.5 Å². The molecule has 0 aliphatic carbocycles. The number of halogens is 2. The SMILES string of the molecule is COc1cccc(C(=O)Nc2nc3c(Cl)cc(Cl)cc3s2)c1OC. The molecule has 5 nitrogen and oxygen atoms in total. The second-order valence-electron chi connectivity index (χ2n) is 4.75. The van der Waals surface area contributed by atoms with E-state index >= 15 is 0 Å². The van der Waals surface area contributed by atoms with Gasteiger partial charge in [0.2, 0.25) is 0 Å². The first kappa shape index (κ1) is 16.8. The van der Waals surface area contributed by atoms with Crippen LogP contribution in [0.15, 0.2) is 30.3 Å². The van der Waals surface area contributed by atoms with E-state index in [-0.39, 0.29) is 5.91 Å². The first-order chi connectivity index (χ1) is 11.5. The Morgan fingerprint density at radius 3 is 2.71 bits per heavy atom. The molecule has 0 spiro atoms. The second kappa shape index (κ2) is 6.84. The lowest BCUT2D eigenvalue weighted by molar-refractivity contribution is 0.102. The summed E-state index contributed by atoms with van der Waals surface area (Å²) in [4.78, 5) is 16.9. The van der Waals surface area contributed by atoms with Gasteiger partial charge in [-0.3, -0.25) is 10.1 Å². The monoisotopic (exact) mass is 382 g/mol. The number of nitrogens with one attached hydrogen (secondary N) is 1. The van der Waals surface area contributed by atoms with Crippen molar-refractivity contribution in [1.29, 1.82) is 0 Å². The van der Waals surface area contributed by atoms with E-state index in [0.29, 0.717) is 37.8 Å². The molecular weight excluding hydrogens is 371 g/mol. The summed E-state index contributed by atoms with van der Waals surface area (Å²) in [5.41, 5.74) is 0.944. The van der Waals surface area contributed by atoms with Gasteiger partial charge in [-0.05, 0) is 24.3 Å². The van der Waals surface area contributed by atoms with E-state index in [4.69, 9.17) is 32.7 Å².